The number of nitrogens with one attached hydrogen (secondary N) is 2. The number of aliphatic carboxylic acids is 3. The molecule has 3 atom stereocenters. The predicted octanol–water partition coefficient (Wildman–Crippen LogP) is -0.285. The number of carboxylic acids is 3. The zero-order chi connectivity index (χ0) is 40.5. The van der Waals surface area contributed by atoms with Crippen LogP contribution < -0.4 is 20.8 Å². The monoisotopic (exact) mass is 813 g/mol. The van der Waals surface area contributed by atoms with Crippen molar-refractivity contribution >= 4 is 70.1 Å². The van der Waals surface area contributed by atoms with Crippen molar-refractivity contribution in [2.45, 2.75) is 28.8 Å². The molecule has 4 heterocycles. The summed E-state index contributed by atoms with van der Waals surface area (Å²) in [5.41, 5.74) is -3.98. The van der Waals surface area contributed by atoms with Crippen molar-refractivity contribution in [3.05, 3.63) is 75.3 Å². The average molecular weight is 814 g/mol. The minimum absolute atomic E-state index is 0.00754. The molecular weight excluding hydrogens is 787 g/mol. The molecule has 6 rings (SSSR count). The van der Waals surface area contributed by atoms with Crippen molar-refractivity contribution in [3.63, 3.8) is 0 Å². The third kappa shape index (κ3) is 7.38. The zero-order valence-electron chi connectivity index (χ0n) is 28.4. The quantitative estimate of drug-likeness (QED) is 0.0351. The van der Waals surface area contributed by atoms with Crippen molar-refractivity contribution in [2.24, 2.45) is 0 Å². The lowest BCUT2D eigenvalue weighted by Gasteiger charge is -2.56. The summed E-state index contributed by atoms with van der Waals surface area (Å²) in [6.45, 7) is -1.23. The minimum Gasteiger partial charge on any atom is -0.504 e. The molecule has 2 aliphatic rings. The standard InChI is InChI=1S/C32H27N7O15S2/c1-52-32(29(51)39-24(28(49)50)14(11-55-30(32)39)12-56-31-35-36-37-38(31)8-21(42)43)34-27(48)23(13-2-4-15(5-3-13)53-10-22(44)45)33-26(47)17-9-54-20-7-19(41)18(40)6-16(20)25(17)46/h2-7,9,23,30,40-41H,8,10-12H2,1H3,(H,33,47)(H,34,48)(H,42,43)(H,44,45)(H,49,50)/t23?,30-,32-/m0/s1. The molecule has 56 heavy (non-hydrogen) atoms. The van der Waals surface area contributed by atoms with Gasteiger partial charge in [-0.05, 0) is 39.8 Å². The van der Waals surface area contributed by atoms with Gasteiger partial charge in [-0.3, -0.25) is 28.9 Å². The molecule has 2 aromatic heterocycles. The fourth-order valence-corrected chi connectivity index (χ4v) is 8.16. The van der Waals surface area contributed by atoms with E-state index in [0.717, 1.165) is 58.6 Å². The van der Waals surface area contributed by atoms with Gasteiger partial charge in [-0.15, -0.1) is 16.9 Å². The number of carboxylic acid groups (broad SMARTS) is 3. The number of hydrogen-bond acceptors (Lipinski definition) is 17. The number of ether oxygens (including phenoxy) is 2. The van der Waals surface area contributed by atoms with Crippen LogP contribution in [-0.4, -0.2) is 123 Å². The predicted molar refractivity (Wildman–Crippen MR) is 187 cm³/mol. The summed E-state index contributed by atoms with van der Waals surface area (Å²) in [5.74, 6) is -8.36. The summed E-state index contributed by atoms with van der Waals surface area (Å²) in [7, 11) is 1.10. The molecule has 0 aliphatic carbocycles. The highest BCUT2D eigenvalue weighted by Gasteiger charge is 2.67. The molecule has 0 spiro atoms. The average Bonchev–Trinajstić information content (AvgIpc) is 3.60. The number of thioether (sulfide) groups is 2. The number of carbonyl (C=O) groups is 6. The van der Waals surface area contributed by atoms with Gasteiger partial charge in [-0.2, -0.15) is 0 Å². The Labute approximate surface area is 320 Å². The number of nitrogens with zero attached hydrogens (tertiary/aromatic N) is 5. The van der Waals surface area contributed by atoms with E-state index in [2.05, 4.69) is 26.2 Å². The molecule has 292 valence electrons. The van der Waals surface area contributed by atoms with Crippen LogP contribution in [0.15, 0.2) is 68.3 Å². The fourth-order valence-electron chi connectivity index (χ4n) is 5.71. The molecule has 4 aromatic rings. The number of rotatable bonds is 15. The van der Waals surface area contributed by atoms with Gasteiger partial charge in [-0.25, -0.2) is 14.3 Å². The van der Waals surface area contributed by atoms with Crippen LogP contribution in [0.1, 0.15) is 22.0 Å². The van der Waals surface area contributed by atoms with Gasteiger partial charge in [0.2, 0.25) is 16.5 Å². The highest BCUT2D eigenvalue weighted by atomic mass is 32.2. The van der Waals surface area contributed by atoms with Crippen LogP contribution >= 0.6 is 23.5 Å². The highest BCUT2D eigenvalue weighted by molar-refractivity contribution is 8.01. The van der Waals surface area contributed by atoms with Gasteiger partial charge in [-0.1, -0.05) is 23.9 Å². The number of fused-ring (bicyclic) bond motifs is 2. The molecule has 2 aromatic carbocycles. The second-order valence-electron chi connectivity index (χ2n) is 11.8. The third-order valence-electron chi connectivity index (χ3n) is 8.33. The van der Waals surface area contributed by atoms with Gasteiger partial charge in [0.1, 0.15) is 46.8 Å². The van der Waals surface area contributed by atoms with Crippen LogP contribution in [0.25, 0.3) is 11.0 Å². The Morgan fingerprint density at radius 3 is 2.45 bits per heavy atom. The summed E-state index contributed by atoms with van der Waals surface area (Å²) in [6, 6.07) is 5.36. The second kappa shape index (κ2) is 15.6. The summed E-state index contributed by atoms with van der Waals surface area (Å²) in [4.78, 5) is 90.5. The Kier molecular flexibility index (Phi) is 10.9. The molecule has 22 nitrogen and oxygen atoms in total. The maximum absolute atomic E-state index is 14.1. The molecular formula is C32H27N7O15S2. The number of hydrogen-bond donors (Lipinski definition) is 7. The summed E-state index contributed by atoms with van der Waals surface area (Å²) < 4.78 is 17.0. The second-order valence-corrected chi connectivity index (χ2v) is 13.8. The number of carbonyl (C=O) groups excluding carboxylic acids is 3. The van der Waals surface area contributed by atoms with E-state index in [1.54, 1.807) is 0 Å². The SMILES string of the molecule is CO[C@@]1(NC(=O)C(NC(=O)c2coc3cc(O)c(O)cc3c2=O)c2ccc(OCC(=O)O)cc2)C(=O)N2C(C(=O)O)=C(CSc3nnnn3CC(=O)O)CS[C@H]21. The molecule has 2 aliphatic heterocycles. The first-order chi connectivity index (χ1) is 26.6. The molecule has 0 saturated carbocycles. The smallest absolute Gasteiger partial charge is 0.352 e. The van der Waals surface area contributed by atoms with E-state index >= 15 is 0 Å². The van der Waals surface area contributed by atoms with Crippen LogP contribution in [0.5, 0.6) is 17.2 Å². The van der Waals surface area contributed by atoms with Gasteiger partial charge in [0, 0.05) is 24.7 Å². The zero-order valence-corrected chi connectivity index (χ0v) is 30.0. The number of methoxy groups -OCH3 is 1. The van der Waals surface area contributed by atoms with Gasteiger partial charge < -0.3 is 50.1 Å². The van der Waals surface area contributed by atoms with Crippen LogP contribution in [0, 0.1) is 0 Å². The van der Waals surface area contributed by atoms with Crippen LogP contribution in [0.3, 0.4) is 0 Å². The molecule has 0 radical (unpaired) electrons. The van der Waals surface area contributed by atoms with E-state index in [1.165, 1.54) is 24.3 Å². The number of phenols is 2. The third-order valence-corrected chi connectivity index (χ3v) is 10.7. The lowest BCUT2D eigenvalue weighted by atomic mass is 9.96. The molecule has 3 amide bonds. The summed E-state index contributed by atoms with van der Waals surface area (Å²) in [5, 5.41) is 62.3. The lowest BCUT2D eigenvalue weighted by Crippen LogP contribution is -2.81. The Hall–Kier alpha value is -6.66. The summed E-state index contributed by atoms with van der Waals surface area (Å²) >= 11 is 1.98. The van der Waals surface area contributed by atoms with Crippen LogP contribution in [0.4, 0.5) is 0 Å². The number of phenolic OH excluding ortho intramolecular Hbond substituents is 2. The molecule has 1 saturated heterocycles. The molecule has 7 N–H and O–H groups in total. The lowest BCUT2D eigenvalue weighted by molar-refractivity contribution is -0.192. The van der Waals surface area contributed by atoms with E-state index in [4.69, 9.17) is 24.1 Å². The minimum atomic E-state index is -2.16. The van der Waals surface area contributed by atoms with Crippen molar-refractivity contribution in [2.75, 3.05) is 25.2 Å². The van der Waals surface area contributed by atoms with Crippen molar-refractivity contribution in [3.8, 4) is 17.2 Å². The van der Waals surface area contributed by atoms with Gasteiger partial charge in [0.15, 0.2) is 18.1 Å². The topological polar surface area (TPSA) is 323 Å². The maximum Gasteiger partial charge on any atom is 0.352 e. The number of amides is 3. The number of aromatic hydroxyl groups is 2. The van der Waals surface area contributed by atoms with E-state index < -0.39 is 94.1 Å². The van der Waals surface area contributed by atoms with Gasteiger partial charge in [0.25, 0.3) is 17.5 Å². The Morgan fingerprint density at radius 2 is 1.79 bits per heavy atom. The van der Waals surface area contributed by atoms with Crippen molar-refractivity contribution < 1.29 is 68.2 Å². The van der Waals surface area contributed by atoms with E-state index in [-0.39, 0.29) is 44.5 Å². The molecule has 0 bridgehead atoms. The van der Waals surface area contributed by atoms with E-state index in [9.17, 15) is 48.9 Å². The number of aromatic nitrogens is 4. The summed E-state index contributed by atoms with van der Waals surface area (Å²) in [6.07, 6.45) is 0.777. The Morgan fingerprint density at radius 1 is 1.07 bits per heavy atom. The van der Waals surface area contributed by atoms with Crippen molar-refractivity contribution in [1.29, 1.82) is 0 Å². The highest BCUT2D eigenvalue weighted by Crippen LogP contribution is 2.47. The Bertz CT molecular complexity index is 2380. The van der Waals surface area contributed by atoms with Gasteiger partial charge in [0.05, 0.1) is 5.39 Å². The van der Waals surface area contributed by atoms with Crippen molar-refractivity contribution in [1.82, 2.24) is 35.7 Å². The fraction of sp³-hybridized carbons (Fsp3) is 0.250. The first-order valence-electron chi connectivity index (χ1n) is 15.8. The molecule has 1 fully saturated rings. The normalized spacial score (nSPS) is 18.1. The number of benzene rings is 2. The van der Waals surface area contributed by atoms with E-state index in [0.29, 0.717) is 0 Å². The first-order valence-corrected chi connectivity index (χ1v) is 17.8. The number of tetrazole rings is 1. The number of β-lactam (4-membered cyclic amide) rings is 1. The van der Waals surface area contributed by atoms with Gasteiger partial charge >= 0.3 is 17.9 Å². The molecule has 24 heteroatoms. The van der Waals surface area contributed by atoms with Crippen LogP contribution in [-0.2, 0) is 35.3 Å². The largest absolute Gasteiger partial charge is 0.504 e. The Balaban J connectivity index is 1.28. The van der Waals surface area contributed by atoms with E-state index in [1.807, 2.05) is 0 Å². The maximum atomic E-state index is 14.1. The van der Waals surface area contributed by atoms with Crippen LogP contribution in [0.2, 0.25) is 0 Å². The molecule has 1 unspecified atom stereocenters. The first kappa shape index (κ1) is 39.0.